The minimum absolute atomic E-state index is 0.169. The molecule has 4 aromatic rings. The van der Waals surface area contributed by atoms with Gasteiger partial charge in [0.2, 0.25) is 0 Å². The number of benzene rings is 2. The maximum Gasteiger partial charge on any atom is 0.200 e. The van der Waals surface area contributed by atoms with E-state index in [-0.39, 0.29) is 5.75 Å². The maximum atomic E-state index is 10.2. The summed E-state index contributed by atoms with van der Waals surface area (Å²) in [5, 5.41) is 19.3. The van der Waals surface area contributed by atoms with E-state index >= 15 is 0 Å². The summed E-state index contributed by atoms with van der Waals surface area (Å²) in [5.74, 6) is 1.19. The summed E-state index contributed by atoms with van der Waals surface area (Å²) in [6.07, 6.45) is 1.70. The minimum Gasteiger partial charge on any atom is -0.507 e. The van der Waals surface area contributed by atoms with Gasteiger partial charge in [-0.1, -0.05) is 36.4 Å². The summed E-state index contributed by atoms with van der Waals surface area (Å²) >= 11 is 0. The van der Waals surface area contributed by atoms with E-state index in [2.05, 4.69) is 20.2 Å². The average molecular weight is 288 g/mol. The highest BCUT2D eigenvalue weighted by molar-refractivity contribution is 5.98. The van der Waals surface area contributed by atoms with Gasteiger partial charge in [0.25, 0.3) is 0 Å². The van der Waals surface area contributed by atoms with Gasteiger partial charge in [0.05, 0.1) is 5.56 Å². The molecule has 2 N–H and O–H groups in total. The van der Waals surface area contributed by atoms with Crippen molar-refractivity contribution < 1.29 is 5.11 Å². The third-order valence-electron chi connectivity index (χ3n) is 3.52. The van der Waals surface area contributed by atoms with Crippen molar-refractivity contribution in [1.82, 2.24) is 20.2 Å². The molecule has 0 aliphatic rings. The lowest BCUT2D eigenvalue weighted by Gasteiger charge is -2.05. The molecular formula is C17H12N4O. The molecule has 5 heteroatoms. The van der Waals surface area contributed by atoms with Crippen LogP contribution >= 0.6 is 0 Å². The molecule has 0 spiro atoms. The van der Waals surface area contributed by atoms with Crippen molar-refractivity contribution in [2.24, 2.45) is 0 Å². The van der Waals surface area contributed by atoms with Crippen molar-refractivity contribution in [3.8, 4) is 28.7 Å². The number of rotatable bonds is 2. The van der Waals surface area contributed by atoms with E-state index in [0.717, 1.165) is 10.8 Å². The van der Waals surface area contributed by atoms with Crippen molar-refractivity contribution in [2.75, 3.05) is 0 Å². The number of H-pyrrole nitrogens is 1. The molecule has 0 atom stereocenters. The quantitative estimate of drug-likeness (QED) is 0.593. The van der Waals surface area contributed by atoms with E-state index in [1.165, 1.54) is 0 Å². The summed E-state index contributed by atoms with van der Waals surface area (Å²) in [4.78, 5) is 8.71. The number of nitrogens with zero attached hydrogens (tertiary/aromatic N) is 3. The largest absolute Gasteiger partial charge is 0.507 e. The summed E-state index contributed by atoms with van der Waals surface area (Å²) in [6, 6.07) is 17.0. The lowest BCUT2D eigenvalue weighted by Crippen LogP contribution is -1.86. The summed E-state index contributed by atoms with van der Waals surface area (Å²) < 4.78 is 0. The number of hydrogen-bond donors (Lipinski definition) is 2. The van der Waals surface area contributed by atoms with E-state index in [1.807, 2.05) is 48.5 Å². The maximum absolute atomic E-state index is 10.2. The highest BCUT2D eigenvalue weighted by atomic mass is 16.3. The fourth-order valence-corrected chi connectivity index (χ4v) is 2.49. The lowest BCUT2D eigenvalue weighted by molar-refractivity contribution is 0.477. The highest BCUT2D eigenvalue weighted by Gasteiger charge is 2.14. The zero-order valence-electron chi connectivity index (χ0n) is 11.6. The Balaban J connectivity index is 1.90. The summed E-state index contributed by atoms with van der Waals surface area (Å²) in [6.45, 7) is 0. The predicted molar refractivity (Wildman–Crippen MR) is 84.2 cm³/mol. The second kappa shape index (κ2) is 4.96. The molecule has 0 unspecified atom stereocenters. The number of hydrogen-bond acceptors (Lipinski definition) is 4. The first-order valence-electron chi connectivity index (χ1n) is 6.88. The topological polar surface area (TPSA) is 74.7 Å². The number of aromatic nitrogens is 4. The minimum atomic E-state index is 0.169. The molecule has 2 aromatic carbocycles. The summed E-state index contributed by atoms with van der Waals surface area (Å²) in [7, 11) is 0. The molecule has 106 valence electrons. The Kier molecular flexibility index (Phi) is 2.83. The molecule has 0 saturated carbocycles. The van der Waals surface area contributed by atoms with E-state index < -0.39 is 0 Å². The Labute approximate surface area is 126 Å². The molecule has 0 fully saturated rings. The first-order valence-corrected chi connectivity index (χ1v) is 6.88. The molecule has 0 saturated heterocycles. The fourth-order valence-electron chi connectivity index (χ4n) is 2.49. The normalized spacial score (nSPS) is 10.9. The zero-order chi connectivity index (χ0) is 14.9. The van der Waals surface area contributed by atoms with Crippen molar-refractivity contribution >= 4 is 10.8 Å². The van der Waals surface area contributed by atoms with Crippen LogP contribution in [0.25, 0.3) is 33.7 Å². The van der Waals surface area contributed by atoms with Crippen molar-refractivity contribution in [1.29, 1.82) is 0 Å². The zero-order valence-corrected chi connectivity index (χ0v) is 11.6. The monoisotopic (exact) mass is 288 g/mol. The van der Waals surface area contributed by atoms with Crippen LogP contribution in [-0.2, 0) is 0 Å². The van der Waals surface area contributed by atoms with Crippen LogP contribution in [0.2, 0.25) is 0 Å². The predicted octanol–water partition coefficient (Wildman–Crippen LogP) is 3.39. The van der Waals surface area contributed by atoms with Gasteiger partial charge in [-0.2, -0.15) is 5.10 Å². The van der Waals surface area contributed by atoms with Crippen LogP contribution in [0, 0.1) is 0 Å². The van der Waals surface area contributed by atoms with Crippen LogP contribution in [-0.4, -0.2) is 25.3 Å². The standard InChI is InChI=1S/C17H12N4O/c22-14-9-8-11-5-1-2-6-12(11)15(14)17-19-16(20-21-17)13-7-3-4-10-18-13/h1-10,22H,(H,19,20,21). The van der Waals surface area contributed by atoms with Crippen LogP contribution < -0.4 is 0 Å². The Bertz CT molecular complexity index is 947. The van der Waals surface area contributed by atoms with Crippen LogP contribution in [0.15, 0.2) is 60.8 Å². The summed E-state index contributed by atoms with van der Waals surface area (Å²) in [5.41, 5.74) is 1.33. The van der Waals surface area contributed by atoms with E-state index in [9.17, 15) is 5.11 Å². The molecule has 2 heterocycles. The Hall–Kier alpha value is -3.21. The number of nitrogens with one attached hydrogen (secondary N) is 1. The molecule has 0 aliphatic carbocycles. The lowest BCUT2D eigenvalue weighted by atomic mass is 10.0. The SMILES string of the molecule is Oc1ccc2ccccc2c1-c1nc(-c2ccccn2)n[nH]1. The smallest absolute Gasteiger partial charge is 0.200 e. The number of fused-ring (bicyclic) bond motifs is 1. The molecule has 0 amide bonds. The second-order valence-electron chi connectivity index (χ2n) is 4.90. The molecule has 0 radical (unpaired) electrons. The molecule has 4 rings (SSSR count). The molecule has 22 heavy (non-hydrogen) atoms. The van der Waals surface area contributed by atoms with Gasteiger partial charge in [-0.3, -0.25) is 10.1 Å². The van der Waals surface area contributed by atoms with Gasteiger partial charge in [0.1, 0.15) is 11.4 Å². The number of phenols is 1. The third-order valence-corrected chi connectivity index (χ3v) is 3.52. The van der Waals surface area contributed by atoms with Gasteiger partial charge in [-0.25, -0.2) is 4.98 Å². The van der Waals surface area contributed by atoms with E-state index in [1.54, 1.807) is 12.3 Å². The molecule has 5 nitrogen and oxygen atoms in total. The number of pyridine rings is 1. The van der Waals surface area contributed by atoms with Crippen molar-refractivity contribution in [3.05, 3.63) is 60.8 Å². The first kappa shape index (κ1) is 12.5. The third kappa shape index (κ3) is 2.00. The van der Waals surface area contributed by atoms with Gasteiger partial charge in [-0.05, 0) is 29.0 Å². The van der Waals surface area contributed by atoms with Crippen molar-refractivity contribution in [3.63, 3.8) is 0 Å². The van der Waals surface area contributed by atoms with Gasteiger partial charge in [0, 0.05) is 6.20 Å². The van der Waals surface area contributed by atoms with Gasteiger partial charge >= 0.3 is 0 Å². The van der Waals surface area contributed by atoms with Crippen LogP contribution in [0.3, 0.4) is 0 Å². The van der Waals surface area contributed by atoms with Gasteiger partial charge in [0.15, 0.2) is 11.6 Å². The second-order valence-corrected chi connectivity index (χ2v) is 4.90. The number of aromatic amines is 1. The molecule has 0 bridgehead atoms. The highest BCUT2D eigenvalue weighted by Crippen LogP contribution is 2.34. The Morgan fingerprint density at radius 2 is 1.77 bits per heavy atom. The number of phenolic OH excluding ortho intramolecular Hbond substituents is 1. The Morgan fingerprint density at radius 1 is 0.909 bits per heavy atom. The average Bonchev–Trinajstić information content (AvgIpc) is 3.05. The molecule has 2 aromatic heterocycles. The van der Waals surface area contributed by atoms with Gasteiger partial charge < -0.3 is 5.11 Å². The van der Waals surface area contributed by atoms with E-state index in [4.69, 9.17) is 0 Å². The van der Waals surface area contributed by atoms with Crippen LogP contribution in [0.5, 0.6) is 5.75 Å². The van der Waals surface area contributed by atoms with Crippen molar-refractivity contribution in [2.45, 2.75) is 0 Å². The van der Waals surface area contributed by atoms with E-state index in [0.29, 0.717) is 22.9 Å². The molecule has 0 aliphatic heterocycles. The fraction of sp³-hybridized carbons (Fsp3) is 0. The molecular weight excluding hydrogens is 276 g/mol. The first-order chi connectivity index (χ1) is 10.8. The van der Waals surface area contributed by atoms with Crippen LogP contribution in [0.1, 0.15) is 0 Å². The van der Waals surface area contributed by atoms with Crippen LogP contribution in [0.4, 0.5) is 0 Å². The van der Waals surface area contributed by atoms with Gasteiger partial charge in [-0.15, -0.1) is 0 Å². The number of aromatic hydroxyl groups is 1. The Morgan fingerprint density at radius 3 is 2.64 bits per heavy atom.